The molecule has 0 unspecified atom stereocenters. The van der Waals surface area contributed by atoms with Gasteiger partial charge in [0.1, 0.15) is 5.69 Å². The van der Waals surface area contributed by atoms with Gasteiger partial charge in [0.25, 0.3) is 0 Å². The van der Waals surface area contributed by atoms with Crippen LogP contribution in [0.4, 0.5) is 19.3 Å². The second-order valence-electron chi connectivity index (χ2n) is 7.64. The molecule has 32 heavy (non-hydrogen) atoms. The number of hydrogen-bond acceptors (Lipinski definition) is 3. The Kier molecular flexibility index (Phi) is 5.45. The largest absolute Gasteiger partial charge is 0.332 e. The molecule has 0 radical (unpaired) electrons. The lowest BCUT2D eigenvalue weighted by Crippen LogP contribution is -2.60. The van der Waals surface area contributed by atoms with Gasteiger partial charge in [-0.05, 0) is 43.3 Å². The average Bonchev–Trinajstić information content (AvgIpc) is 2.79. The third-order valence-corrected chi connectivity index (χ3v) is 5.55. The van der Waals surface area contributed by atoms with Crippen molar-refractivity contribution in [3.8, 4) is 11.8 Å². The van der Waals surface area contributed by atoms with E-state index in [2.05, 4.69) is 16.8 Å². The van der Waals surface area contributed by atoms with Gasteiger partial charge in [-0.3, -0.25) is 9.78 Å². The Morgan fingerprint density at radius 3 is 2.19 bits per heavy atom. The summed E-state index contributed by atoms with van der Waals surface area (Å²) in [6.07, 6.45) is 1.38. The number of rotatable bonds is 2. The highest BCUT2D eigenvalue weighted by molar-refractivity contribution is 6.16. The van der Waals surface area contributed by atoms with E-state index < -0.39 is 34.8 Å². The fourth-order valence-corrected chi connectivity index (χ4v) is 3.64. The van der Waals surface area contributed by atoms with Crippen LogP contribution in [0.15, 0.2) is 66.9 Å². The molecule has 160 valence electrons. The average molecular weight is 431 g/mol. The van der Waals surface area contributed by atoms with Gasteiger partial charge in [-0.15, -0.1) is 0 Å². The number of nitrogens with zero attached hydrogens (tertiary/aromatic N) is 3. The minimum atomic E-state index is -1.04. The van der Waals surface area contributed by atoms with E-state index in [0.29, 0.717) is 16.2 Å². The minimum absolute atomic E-state index is 0.0937. The Balaban J connectivity index is 1.68. The molecule has 4 rings (SSSR count). The molecule has 1 aliphatic rings. The van der Waals surface area contributed by atoms with Crippen molar-refractivity contribution in [1.29, 1.82) is 0 Å². The Labute approximate surface area is 184 Å². The maximum Gasteiger partial charge on any atom is 0.332 e. The molecule has 1 fully saturated rings. The van der Waals surface area contributed by atoms with E-state index in [1.807, 2.05) is 6.07 Å². The lowest BCUT2D eigenvalue weighted by Gasteiger charge is -2.45. The third kappa shape index (κ3) is 3.71. The van der Waals surface area contributed by atoms with Crippen LogP contribution in [0, 0.1) is 23.5 Å². The number of carbonyl (C=O) groups excluding carboxylic acids is 2. The van der Waals surface area contributed by atoms with Gasteiger partial charge >= 0.3 is 6.03 Å². The number of aromatic nitrogens is 1. The molecular weight excluding hydrogens is 412 g/mol. The number of amides is 3. The summed E-state index contributed by atoms with van der Waals surface area (Å²) in [5.41, 5.74) is -0.457. The van der Waals surface area contributed by atoms with Crippen molar-refractivity contribution < 1.29 is 18.4 Å². The number of anilines is 1. The lowest BCUT2D eigenvalue weighted by atomic mass is 9.88. The second kappa shape index (κ2) is 8.23. The SMILES string of the molecule is CN1C(=O)N(c2c(F)cc(C#Cc3ccccc3)cc2F)C(=O)C[C@@]1(C)c1ccccn1. The van der Waals surface area contributed by atoms with E-state index in [4.69, 9.17) is 0 Å². The molecule has 0 saturated carbocycles. The predicted octanol–water partition coefficient (Wildman–Crippen LogP) is 4.46. The topological polar surface area (TPSA) is 53.5 Å². The number of pyridine rings is 1. The van der Waals surface area contributed by atoms with Crippen LogP contribution in [0.1, 0.15) is 30.2 Å². The molecular formula is C25H19F2N3O2. The number of hydrogen-bond donors (Lipinski definition) is 0. The summed E-state index contributed by atoms with van der Waals surface area (Å²) in [6, 6.07) is 15.3. The molecule has 1 atom stereocenters. The third-order valence-electron chi connectivity index (χ3n) is 5.55. The first-order chi connectivity index (χ1) is 15.3. The summed E-state index contributed by atoms with van der Waals surface area (Å²) >= 11 is 0. The maximum absolute atomic E-state index is 14.9. The van der Waals surface area contributed by atoms with Gasteiger partial charge in [0, 0.05) is 24.4 Å². The van der Waals surface area contributed by atoms with E-state index >= 15 is 0 Å². The molecule has 1 aromatic heterocycles. The molecule has 1 aliphatic heterocycles. The number of halogens is 2. The van der Waals surface area contributed by atoms with Crippen molar-refractivity contribution in [3.05, 3.63) is 95.3 Å². The Bertz CT molecular complexity index is 1230. The van der Waals surface area contributed by atoms with Crippen LogP contribution in [0.5, 0.6) is 0 Å². The van der Waals surface area contributed by atoms with Crippen molar-refractivity contribution >= 4 is 17.6 Å². The summed E-state index contributed by atoms with van der Waals surface area (Å²) in [4.78, 5) is 32.1. The molecule has 1 saturated heterocycles. The lowest BCUT2D eigenvalue weighted by molar-refractivity contribution is -0.122. The highest BCUT2D eigenvalue weighted by Gasteiger charge is 2.48. The molecule has 3 amide bonds. The van der Waals surface area contributed by atoms with E-state index in [9.17, 15) is 18.4 Å². The maximum atomic E-state index is 14.9. The molecule has 0 spiro atoms. The fraction of sp³-hybridized carbons (Fsp3) is 0.160. The minimum Gasteiger partial charge on any atom is -0.315 e. The molecule has 3 aromatic rings. The van der Waals surface area contributed by atoms with Gasteiger partial charge in [-0.25, -0.2) is 18.5 Å². The van der Waals surface area contributed by atoms with Crippen LogP contribution >= 0.6 is 0 Å². The van der Waals surface area contributed by atoms with Crippen LogP contribution < -0.4 is 4.90 Å². The quantitative estimate of drug-likeness (QED) is 0.563. The van der Waals surface area contributed by atoms with Crippen molar-refractivity contribution in [2.45, 2.75) is 18.9 Å². The van der Waals surface area contributed by atoms with Gasteiger partial charge < -0.3 is 4.90 Å². The van der Waals surface area contributed by atoms with Crippen LogP contribution in [0.25, 0.3) is 0 Å². The van der Waals surface area contributed by atoms with Crippen LogP contribution in [-0.4, -0.2) is 28.9 Å². The Morgan fingerprint density at radius 2 is 1.56 bits per heavy atom. The van der Waals surface area contributed by atoms with E-state index in [0.717, 1.165) is 12.1 Å². The summed E-state index contributed by atoms with van der Waals surface area (Å²) in [5, 5.41) is 0. The standard InChI is InChI=1S/C25H19F2N3O2/c1-25(21-10-6-7-13-28-21)16-22(31)30(24(32)29(25)2)23-19(26)14-18(15-20(23)27)12-11-17-8-4-3-5-9-17/h3-10,13-15H,16H2,1-2H3/t25-/m0/s1. The van der Waals surface area contributed by atoms with E-state index in [-0.39, 0.29) is 12.0 Å². The van der Waals surface area contributed by atoms with E-state index in [1.54, 1.807) is 55.6 Å². The van der Waals surface area contributed by atoms with Crippen LogP contribution in [-0.2, 0) is 10.3 Å². The zero-order chi connectivity index (χ0) is 22.9. The molecule has 0 N–H and O–H groups in total. The number of urea groups is 1. The van der Waals surface area contributed by atoms with Crippen molar-refractivity contribution in [3.63, 3.8) is 0 Å². The van der Waals surface area contributed by atoms with Crippen molar-refractivity contribution in [1.82, 2.24) is 9.88 Å². The number of benzene rings is 2. The molecule has 0 bridgehead atoms. The molecule has 7 heteroatoms. The summed E-state index contributed by atoms with van der Waals surface area (Å²) < 4.78 is 29.9. The Hall–Kier alpha value is -4.05. The zero-order valence-electron chi connectivity index (χ0n) is 17.5. The van der Waals surface area contributed by atoms with E-state index in [1.165, 1.54) is 11.9 Å². The van der Waals surface area contributed by atoms with Crippen molar-refractivity contribution in [2.24, 2.45) is 0 Å². The first-order valence-corrected chi connectivity index (χ1v) is 9.89. The van der Waals surface area contributed by atoms with Gasteiger partial charge in [0.05, 0.1) is 17.7 Å². The van der Waals surface area contributed by atoms with Crippen molar-refractivity contribution in [2.75, 3.05) is 11.9 Å². The zero-order valence-corrected chi connectivity index (χ0v) is 17.5. The number of carbonyl (C=O) groups is 2. The van der Waals surface area contributed by atoms with Gasteiger partial charge in [-0.2, -0.15) is 0 Å². The first kappa shape index (κ1) is 21.2. The molecule has 2 aromatic carbocycles. The van der Waals surface area contributed by atoms with Crippen LogP contribution in [0.2, 0.25) is 0 Å². The Morgan fingerprint density at radius 1 is 0.938 bits per heavy atom. The highest BCUT2D eigenvalue weighted by atomic mass is 19.1. The predicted molar refractivity (Wildman–Crippen MR) is 116 cm³/mol. The normalized spacial score (nSPS) is 18.4. The van der Waals surface area contributed by atoms with Gasteiger partial charge in [0.2, 0.25) is 5.91 Å². The fourth-order valence-electron chi connectivity index (χ4n) is 3.64. The first-order valence-electron chi connectivity index (χ1n) is 9.89. The molecule has 5 nitrogen and oxygen atoms in total. The second-order valence-corrected chi connectivity index (χ2v) is 7.64. The summed E-state index contributed by atoms with van der Waals surface area (Å²) in [6.45, 7) is 1.69. The molecule has 2 heterocycles. The highest BCUT2D eigenvalue weighted by Crippen LogP contribution is 2.38. The number of imide groups is 1. The smallest absolute Gasteiger partial charge is 0.315 e. The van der Waals surface area contributed by atoms with Gasteiger partial charge in [0.15, 0.2) is 11.6 Å². The van der Waals surface area contributed by atoms with Crippen LogP contribution in [0.3, 0.4) is 0 Å². The summed E-state index contributed by atoms with van der Waals surface area (Å²) in [5.74, 6) is 2.72. The monoisotopic (exact) mass is 431 g/mol. The molecule has 0 aliphatic carbocycles. The summed E-state index contributed by atoms with van der Waals surface area (Å²) in [7, 11) is 1.48. The van der Waals surface area contributed by atoms with Gasteiger partial charge in [-0.1, -0.05) is 36.1 Å².